The number of benzene rings is 1. The fourth-order valence-electron chi connectivity index (χ4n) is 2.24. The zero-order chi connectivity index (χ0) is 13.8. The van der Waals surface area contributed by atoms with Gasteiger partial charge in [0.1, 0.15) is 9.31 Å². The molecule has 0 spiro atoms. The Kier molecular flexibility index (Phi) is 5.13. The molecule has 0 saturated carbocycles. The molecule has 4 heteroatoms. The molecule has 0 bridgehead atoms. The molecule has 0 aliphatic carbocycles. The molecule has 1 aromatic rings. The molecule has 100 valence electrons. The van der Waals surface area contributed by atoms with E-state index in [0.29, 0.717) is 11.8 Å². The Hall–Kier alpha value is -0.710. The Labute approximate surface area is 129 Å². The minimum absolute atomic E-state index is 0.485. The van der Waals surface area contributed by atoms with E-state index in [1.54, 1.807) is 11.8 Å². The topological polar surface area (TPSA) is 12.0 Å². The highest BCUT2D eigenvalue weighted by Gasteiger charge is 2.19. The lowest BCUT2D eigenvalue weighted by Crippen LogP contribution is -2.16. The van der Waals surface area contributed by atoms with Gasteiger partial charge in [0.25, 0.3) is 0 Å². The standard InChI is InChI=1S/C15H17NS3/c1-10(9-13-14(17)16-15(18)19-13)8-11(2)12-6-4-3-5-7-12/h3-7,9-11H,8H2,1-2H3,(H,16,17,18)/b13-9-. The second kappa shape index (κ2) is 6.64. The molecule has 0 aromatic heterocycles. The molecule has 1 aliphatic heterocycles. The van der Waals surface area contributed by atoms with Crippen molar-refractivity contribution in [2.75, 3.05) is 0 Å². The number of hydrogen-bond acceptors (Lipinski definition) is 3. The zero-order valence-electron chi connectivity index (χ0n) is 11.1. The third-order valence-corrected chi connectivity index (χ3v) is 4.82. The summed E-state index contributed by atoms with van der Waals surface area (Å²) in [6.45, 7) is 4.50. The Bertz CT molecular complexity index is 507. The van der Waals surface area contributed by atoms with Crippen molar-refractivity contribution < 1.29 is 0 Å². The quantitative estimate of drug-likeness (QED) is 0.641. The molecule has 2 atom stereocenters. The second-order valence-corrected chi connectivity index (χ2v) is 7.03. The van der Waals surface area contributed by atoms with Gasteiger partial charge in [-0.3, -0.25) is 0 Å². The maximum absolute atomic E-state index is 5.26. The largest absolute Gasteiger partial charge is 0.331 e. The van der Waals surface area contributed by atoms with Crippen molar-refractivity contribution in [3.63, 3.8) is 0 Å². The average molecular weight is 308 g/mol. The first kappa shape index (κ1) is 14.7. The van der Waals surface area contributed by atoms with E-state index in [4.69, 9.17) is 24.4 Å². The predicted molar refractivity (Wildman–Crippen MR) is 92.6 cm³/mol. The van der Waals surface area contributed by atoms with Crippen LogP contribution in [0.5, 0.6) is 0 Å². The first-order chi connectivity index (χ1) is 9.06. The summed E-state index contributed by atoms with van der Waals surface area (Å²) in [7, 11) is 0. The van der Waals surface area contributed by atoms with Gasteiger partial charge in [-0.1, -0.05) is 86.5 Å². The number of thiocarbonyl (C=S) groups is 2. The molecule has 1 fully saturated rings. The van der Waals surface area contributed by atoms with Crippen LogP contribution in [0.1, 0.15) is 31.7 Å². The molecule has 2 rings (SSSR count). The average Bonchev–Trinajstić information content (AvgIpc) is 2.68. The predicted octanol–water partition coefficient (Wildman–Crippen LogP) is 4.65. The number of hydrogen-bond donors (Lipinski definition) is 1. The van der Waals surface area contributed by atoms with E-state index in [9.17, 15) is 0 Å². The lowest BCUT2D eigenvalue weighted by Gasteiger charge is -2.15. The Balaban J connectivity index is 1.98. The van der Waals surface area contributed by atoms with E-state index >= 15 is 0 Å². The number of rotatable bonds is 4. The summed E-state index contributed by atoms with van der Waals surface area (Å²) in [5.74, 6) is 1.03. The van der Waals surface area contributed by atoms with Crippen LogP contribution in [-0.4, -0.2) is 9.31 Å². The van der Waals surface area contributed by atoms with Gasteiger partial charge in [-0.05, 0) is 23.8 Å². The summed E-state index contributed by atoms with van der Waals surface area (Å²) < 4.78 is 0.763. The molecule has 0 radical (unpaired) electrons. The lowest BCUT2D eigenvalue weighted by molar-refractivity contribution is 0.568. The van der Waals surface area contributed by atoms with Crippen molar-refractivity contribution in [3.8, 4) is 0 Å². The monoisotopic (exact) mass is 307 g/mol. The molecule has 0 amide bonds. The van der Waals surface area contributed by atoms with Crippen LogP contribution in [0, 0.1) is 5.92 Å². The third-order valence-electron chi connectivity index (χ3n) is 3.17. The second-order valence-electron chi connectivity index (χ2n) is 4.90. The fraction of sp³-hybridized carbons (Fsp3) is 0.333. The number of allylic oxidation sites excluding steroid dienone is 1. The molecular weight excluding hydrogens is 290 g/mol. The highest BCUT2D eigenvalue weighted by molar-refractivity contribution is 8.27. The van der Waals surface area contributed by atoms with E-state index in [2.05, 4.69) is 55.6 Å². The van der Waals surface area contributed by atoms with Gasteiger partial charge in [-0.25, -0.2) is 0 Å². The van der Waals surface area contributed by atoms with Crippen LogP contribution in [0.15, 0.2) is 41.3 Å². The highest BCUT2D eigenvalue weighted by atomic mass is 32.2. The van der Waals surface area contributed by atoms with Crippen LogP contribution in [0.25, 0.3) is 0 Å². The Morgan fingerprint density at radius 3 is 2.47 bits per heavy atom. The first-order valence-electron chi connectivity index (χ1n) is 6.36. The molecule has 1 N–H and O–H groups in total. The fourth-order valence-corrected chi connectivity index (χ4v) is 3.83. The van der Waals surface area contributed by atoms with Crippen LogP contribution in [0.4, 0.5) is 0 Å². The van der Waals surface area contributed by atoms with Crippen molar-refractivity contribution in [2.24, 2.45) is 5.92 Å². The molecule has 1 heterocycles. The SMILES string of the molecule is CC(/C=C1\SC(=S)NC1=S)CC(C)c1ccccc1. The van der Waals surface area contributed by atoms with Gasteiger partial charge in [0, 0.05) is 4.91 Å². The first-order valence-corrected chi connectivity index (χ1v) is 7.99. The maximum atomic E-state index is 5.26. The molecule has 1 aliphatic rings. The van der Waals surface area contributed by atoms with Gasteiger partial charge in [0.15, 0.2) is 0 Å². The van der Waals surface area contributed by atoms with E-state index in [-0.39, 0.29) is 0 Å². The highest BCUT2D eigenvalue weighted by Crippen LogP contribution is 2.29. The van der Waals surface area contributed by atoms with Crippen LogP contribution in [-0.2, 0) is 0 Å². The van der Waals surface area contributed by atoms with E-state index in [0.717, 1.165) is 20.6 Å². The van der Waals surface area contributed by atoms with Gasteiger partial charge in [0.05, 0.1) is 0 Å². The maximum Gasteiger partial charge on any atom is 0.143 e. The summed E-state index contributed by atoms with van der Waals surface area (Å²) in [6, 6.07) is 10.6. The van der Waals surface area contributed by atoms with E-state index in [1.165, 1.54) is 5.56 Å². The van der Waals surface area contributed by atoms with Crippen molar-refractivity contribution in [3.05, 3.63) is 46.9 Å². The zero-order valence-corrected chi connectivity index (χ0v) is 13.5. The summed E-state index contributed by atoms with van der Waals surface area (Å²) in [4.78, 5) is 1.88. The molecule has 19 heavy (non-hydrogen) atoms. The summed E-state index contributed by atoms with van der Waals surface area (Å²) >= 11 is 11.9. The van der Waals surface area contributed by atoms with Crippen molar-refractivity contribution in [2.45, 2.75) is 26.2 Å². The van der Waals surface area contributed by atoms with Crippen LogP contribution < -0.4 is 5.32 Å². The number of nitrogens with one attached hydrogen (secondary N) is 1. The number of thioether (sulfide) groups is 1. The Morgan fingerprint density at radius 2 is 1.89 bits per heavy atom. The normalized spacial score (nSPS) is 20.4. The van der Waals surface area contributed by atoms with Crippen LogP contribution >= 0.6 is 36.2 Å². The van der Waals surface area contributed by atoms with Crippen LogP contribution in [0.2, 0.25) is 0 Å². The minimum atomic E-state index is 0.485. The van der Waals surface area contributed by atoms with Crippen LogP contribution in [0.3, 0.4) is 0 Å². The van der Waals surface area contributed by atoms with Crippen molar-refractivity contribution in [1.82, 2.24) is 5.32 Å². The van der Waals surface area contributed by atoms with Gasteiger partial charge in [0.2, 0.25) is 0 Å². The third kappa shape index (κ3) is 4.13. The van der Waals surface area contributed by atoms with Crippen molar-refractivity contribution in [1.29, 1.82) is 0 Å². The van der Waals surface area contributed by atoms with Gasteiger partial charge in [-0.15, -0.1) is 0 Å². The summed E-state index contributed by atoms with van der Waals surface area (Å²) in [6.07, 6.45) is 3.35. The molecule has 2 unspecified atom stereocenters. The summed E-state index contributed by atoms with van der Waals surface area (Å²) in [5, 5.41) is 3.01. The molecule has 1 saturated heterocycles. The van der Waals surface area contributed by atoms with Gasteiger partial charge >= 0.3 is 0 Å². The molecule has 1 nitrogen and oxygen atoms in total. The van der Waals surface area contributed by atoms with E-state index in [1.807, 2.05) is 0 Å². The van der Waals surface area contributed by atoms with Gasteiger partial charge < -0.3 is 5.32 Å². The van der Waals surface area contributed by atoms with Crippen molar-refractivity contribution >= 4 is 45.5 Å². The minimum Gasteiger partial charge on any atom is -0.331 e. The summed E-state index contributed by atoms with van der Waals surface area (Å²) in [5.41, 5.74) is 1.39. The lowest BCUT2D eigenvalue weighted by atomic mass is 9.91. The molecule has 1 aromatic carbocycles. The molecular formula is C15H17NS3. The van der Waals surface area contributed by atoms with E-state index < -0.39 is 0 Å². The smallest absolute Gasteiger partial charge is 0.143 e. The Morgan fingerprint density at radius 1 is 1.21 bits per heavy atom. The van der Waals surface area contributed by atoms with Gasteiger partial charge in [-0.2, -0.15) is 0 Å².